The van der Waals surface area contributed by atoms with Crippen molar-refractivity contribution in [1.82, 2.24) is 34.1 Å². The summed E-state index contributed by atoms with van der Waals surface area (Å²) in [7, 11) is 3.04. The molecule has 17 heteroatoms. The minimum atomic E-state index is -4.65. The van der Waals surface area contributed by atoms with Gasteiger partial charge in [-0.3, -0.25) is 33.5 Å². The van der Waals surface area contributed by atoms with Crippen molar-refractivity contribution in [2.45, 2.75) is 75.3 Å². The first-order chi connectivity index (χ1) is 27.3. The summed E-state index contributed by atoms with van der Waals surface area (Å²) in [6.45, 7) is 1.75. The molecule has 1 unspecified atom stereocenters. The van der Waals surface area contributed by atoms with E-state index in [1.54, 1.807) is 31.3 Å². The molecule has 0 radical (unpaired) electrons. The summed E-state index contributed by atoms with van der Waals surface area (Å²) in [5, 5.41) is 10.2. The van der Waals surface area contributed by atoms with E-state index in [4.69, 9.17) is 9.84 Å². The second-order valence-electron chi connectivity index (χ2n) is 15.3. The standard InChI is InChI=1S/C40H42F4N8O5/c1-49-36-26(5-3-6-30(36)52(39(49)56)31-13-14-35(53)47-38(31)55)25-15-16-50(21-28(25)41)19-22-9-11-24(12-10-22)51-20-23-17-27(32(57-2)18-29(23)48-51)37(54)46-34-8-4-7-33(45-34)40(42,43)44/h3-8,17-18,20,22,24-25,28,31H,9-16,19,21H2,1-2H3,(H,45,46,54)(H,47,53,55)/t22?,24?,25-,28+,31?/m0/s1. The summed E-state index contributed by atoms with van der Waals surface area (Å²) < 4.78 is 65.9. The van der Waals surface area contributed by atoms with Gasteiger partial charge in [-0.1, -0.05) is 18.2 Å². The number of piperidine rings is 2. The quantitative estimate of drug-likeness (QED) is 0.146. The molecule has 0 bridgehead atoms. The van der Waals surface area contributed by atoms with E-state index in [1.165, 1.54) is 28.4 Å². The fraction of sp³-hybridized carbons (Fsp3) is 0.450. The van der Waals surface area contributed by atoms with Gasteiger partial charge in [0.1, 0.15) is 29.5 Å². The number of methoxy groups -OCH3 is 1. The van der Waals surface area contributed by atoms with Crippen molar-refractivity contribution in [3.05, 3.63) is 82.0 Å². The number of halogens is 4. The minimum absolute atomic E-state index is 0.116. The fourth-order valence-corrected chi connectivity index (χ4v) is 8.89. The molecule has 2 aromatic carbocycles. The molecule has 13 nitrogen and oxygen atoms in total. The molecule has 0 spiro atoms. The van der Waals surface area contributed by atoms with Crippen LogP contribution in [0.4, 0.5) is 23.4 Å². The summed E-state index contributed by atoms with van der Waals surface area (Å²) in [5.41, 5.74) is 1.18. The van der Waals surface area contributed by atoms with Crippen LogP contribution in [-0.2, 0) is 22.8 Å². The number of carbonyl (C=O) groups is 3. The smallest absolute Gasteiger partial charge is 0.433 e. The molecule has 5 aromatic rings. The topological polar surface area (TPSA) is 145 Å². The van der Waals surface area contributed by atoms with Crippen LogP contribution in [0.15, 0.2) is 59.5 Å². The molecule has 3 aliphatic rings. The summed E-state index contributed by atoms with van der Waals surface area (Å²) in [6.07, 6.45) is 0.574. The number of imide groups is 1. The zero-order chi connectivity index (χ0) is 40.2. The van der Waals surface area contributed by atoms with Gasteiger partial charge in [-0.25, -0.2) is 14.2 Å². The first kappa shape index (κ1) is 38.3. The number of aromatic nitrogens is 5. The predicted octanol–water partition coefficient (Wildman–Crippen LogP) is 5.90. The van der Waals surface area contributed by atoms with Crippen LogP contribution >= 0.6 is 0 Å². The Morgan fingerprint density at radius 2 is 1.79 bits per heavy atom. The van der Waals surface area contributed by atoms with Crippen LogP contribution < -0.4 is 21.1 Å². The number of nitrogens with one attached hydrogen (secondary N) is 2. The first-order valence-corrected chi connectivity index (χ1v) is 19.1. The molecule has 1 aliphatic carbocycles. The van der Waals surface area contributed by atoms with Crippen molar-refractivity contribution in [3.63, 3.8) is 0 Å². The number of anilines is 1. The third-order valence-corrected chi connectivity index (χ3v) is 11.8. The first-order valence-electron chi connectivity index (χ1n) is 19.1. The number of hydrogen-bond donors (Lipinski definition) is 2. The lowest BCUT2D eigenvalue weighted by molar-refractivity contribution is -0.141. The van der Waals surface area contributed by atoms with Gasteiger partial charge in [0.15, 0.2) is 0 Å². The number of ether oxygens (including phenoxy) is 1. The average molecular weight is 791 g/mol. The summed E-state index contributed by atoms with van der Waals surface area (Å²) in [5.74, 6) is -1.59. The second-order valence-corrected chi connectivity index (χ2v) is 15.3. The van der Waals surface area contributed by atoms with Gasteiger partial charge < -0.3 is 15.0 Å². The lowest BCUT2D eigenvalue weighted by atomic mass is 9.83. The second kappa shape index (κ2) is 15.1. The number of amides is 3. The number of rotatable bonds is 8. The number of carbonyl (C=O) groups excluding carboxylic acids is 3. The van der Waals surface area contributed by atoms with Crippen molar-refractivity contribution in [3.8, 4) is 5.75 Å². The van der Waals surface area contributed by atoms with Crippen LogP contribution in [0.3, 0.4) is 0 Å². The molecule has 5 heterocycles. The molecule has 8 rings (SSSR count). The Labute approximate surface area is 324 Å². The van der Waals surface area contributed by atoms with E-state index in [1.807, 2.05) is 16.9 Å². The van der Waals surface area contributed by atoms with Crippen molar-refractivity contribution in [1.29, 1.82) is 0 Å². The van der Waals surface area contributed by atoms with E-state index in [0.29, 0.717) is 40.8 Å². The van der Waals surface area contributed by atoms with E-state index in [-0.39, 0.29) is 54.2 Å². The zero-order valence-corrected chi connectivity index (χ0v) is 31.4. The average Bonchev–Trinajstić information content (AvgIpc) is 3.72. The van der Waals surface area contributed by atoms with Crippen LogP contribution in [0.25, 0.3) is 21.9 Å². The number of aryl methyl sites for hydroxylation is 1. The number of nitrogens with zero attached hydrogens (tertiary/aromatic N) is 6. The number of likely N-dealkylation sites (tertiary alicyclic amines) is 1. The Kier molecular flexibility index (Phi) is 10.1. The Morgan fingerprint density at radius 1 is 1.02 bits per heavy atom. The molecule has 3 amide bonds. The predicted molar refractivity (Wildman–Crippen MR) is 202 cm³/mol. The molecule has 3 fully saturated rings. The van der Waals surface area contributed by atoms with Crippen LogP contribution in [0.5, 0.6) is 5.75 Å². The number of alkyl halides is 4. The maximum Gasteiger partial charge on any atom is 0.433 e. The molecule has 57 heavy (non-hydrogen) atoms. The van der Waals surface area contributed by atoms with Gasteiger partial charge >= 0.3 is 11.9 Å². The molecule has 3 atom stereocenters. The highest BCUT2D eigenvalue weighted by Gasteiger charge is 2.37. The normalized spacial score (nSPS) is 23.5. The largest absolute Gasteiger partial charge is 0.496 e. The van der Waals surface area contributed by atoms with Crippen molar-refractivity contribution < 1.29 is 36.7 Å². The highest BCUT2D eigenvalue weighted by Crippen LogP contribution is 2.39. The Bertz CT molecular complexity index is 2430. The number of benzene rings is 2. The van der Waals surface area contributed by atoms with Crippen LogP contribution in [0.1, 0.15) is 84.6 Å². The van der Waals surface area contributed by atoms with E-state index in [9.17, 15) is 32.3 Å². The zero-order valence-electron chi connectivity index (χ0n) is 31.4. The summed E-state index contributed by atoms with van der Waals surface area (Å²) >= 11 is 0. The Balaban J connectivity index is 0.895. The van der Waals surface area contributed by atoms with Gasteiger partial charge in [0, 0.05) is 50.1 Å². The molecular weight excluding hydrogens is 748 g/mol. The highest BCUT2D eigenvalue weighted by molar-refractivity contribution is 6.08. The molecular formula is C40H42F4N8O5. The highest BCUT2D eigenvalue weighted by atomic mass is 19.4. The maximum atomic E-state index is 16.1. The van der Waals surface area contributed by atoms with Gasteiger partial charge in [-0.15, -0.1) is 0 Å². The monoisotopic (exact) mass is 790 g/mol. The van der Waals surface area contributed by atoms with E-state index in [0.717, 1.165) is 43.9 Å². The Morgan fingerprint density at radius 3 is 2.51 bits per heavy atom. The Hall–Kier alpha value is -5.58. The van der Waals surface area contributed by atoms with E-state index in [2.05, 4.69) is 20.5 Å². The SMILES string of the molecule is COc1cc2nn(C3CCC(CN4CC[C@@H](c5cccc6c5n(C)c(=O)n6C5CCC(=O)NC5=O)[C@H](F)C4)CC3)cc2cc1C(=O)Nc1cccc(C(F)(F)F)n1. The molecule has 3 aromatic heterocycles. The van der Waals surface area contributed by atoms with E-state index >= 15 is 4.39 Å². The van der Waals surface area contributed by atoms with Gasteiger partial charge in [0.05, 0.1) is 35.3 Å². The molecule has 1 saturated carbocycles. The van der Waals surface area contributed by atoms with Gasteiger partial charge in [-0.2, -0.15) is 18.3 Å². The van der Waals surface area contributed by atoms with Crippen LogP contribution in [0, 0.1) is 5.92 Å². The minimum Gasteiger partial charge on any atom is -0.496 e. The van der Waals surface area contributed by atoms with Gasteiger partial charge in [0.25, 0.3) is 5.91 Å². The molecule has 2 aliphatic heterocycles. The number of hydrogen-bond acceptors (Lipinski definition) is 8. The number of pyridine rings is 1. The molecule has 300 valence electrons. The fourth-order valence-electron chi connectivity index (χ4n) is 8.89. The number of para-hydroxylation sites is 1. The van der Waals surface area contributed by atoms with Crippen molar-refractivity contribution in [2.24, 2.45) is 13.0 Å². The van der Waals surface area contributed by atoms with Crippen molar-refractivity contribution in [2.75, 3.05) is 32.1 Å². The van der Waals surface area contributed by atoms with Crippen molar-refractivity contribution >= 4 is 45.5 Å². The lowest BCUT2D eigenvalue weighted by Crippen LogP contribution is -2.44. The number of fused-ring (bicyclic) bond motifs is 2. The lowest BCUT2D eigenvalue weighted by Gasteiger charge is -2.38. The van der Waals surface area contributed by atoms with Gasteiger partial charge in [0.2, 0.25) is 11.8 Å². The third kappa shape index (κ3) is 7.40. The van der Waals surface area contributed by atoms with Crippen LogP contribution in [-0.4, -0.2) is 79.4 Å². The van der Waals surface area contributed by atoms with Crippen LogP contribution in [0.2, 0.25) is 0 Å². The summed E-state index contributed by atoms with van der Waals surface area (Å²) in [4.78, 5) is 56.8. The summed E-state index contributed by atoms with van der Waals surface area (Å²) in [6, 6.07) is 11.3. The molecule has 2 N–H and O–H groups in total. The molecule has 2 saturated heterocycles. The van der Waals surface area contributed by atoms with E-state index < -0.39 is 41.8 Å². The number of imidazole rings is 1. The van der Waals surface area contributed by atoms with Gasteiger partial charge in [-0.05, 0) is 80.8 Å². The third-order valence-electron chi connectivity index (χ3n) is 11.8. The maximum absolute atomic E-state index is 16.1.